The molecule has 4 atom stereocenters. The van der Waals surface area contributed by atoms with Crippen LogP contribution in [0.2, 0.25) is 0 Å². The number of aliphatic hydroxyl groups excluding tert-OH is 1. The van der Waals surface area contributed by atoms with Gasteiger partial charge in [0.15, 0.2) is 0 Å². The normalized spacial score (nSPS) is 59.2. The van der Waals surface area contributed by atoms with Gasteiger partial charge in [-0.1, -0.05) is 6.92 Å². The standard InChI is InChI=1S/C7H12O/c1-4-5-2-6(5)7(4)3-8/h4-8H,2-3H2,1H3. The van der Waals surface area contributed by atoms with Crippen molar-refractivity contribution in [3.05, 3.63) is 0 Å². The third-order valence-electron chi connectivity index (χ3n) is 3.00. The molecule has 0 spiro atoms. The largest absolute Gasteiger partial charge is 0.396 e. The van der Waals surface area contributed by atoms with Gasteiger partial charge in [0.1, 0.15) is 0 Å². The Bertz CT molecular complexity index is 111. The van der Waals surface area contributed by atoms with Crippen LogP contribution in [0.25, 0.3) is 0 Å². The van der Waals surface area contributed by atoms with E-state index in [1.54, 1.807) is 0 Å². The summed E-state index contributed by atoms with van der Waals surface area (Å²) in [7, 11) is 0. The fraction of sp³-hybridized carbons (Fsp3) is 1.00. The lowest BCUT2D eigenvalue weighted by atomic mass is 9.76. The highest BCUT2D eigenvalue weighted by Crippen LogP contribution is 2.63. The maximum atomic E-state index is 8.75. The molecular weight excluding hydrogens is 100 g/mol. The van der Waals surface area contributed by atoms with Gasteiger partial charge in [-0.3, -0.25) is 0 Å². The lowest BCUT2D eigenvalue weighted by Gasteiger charge is -2.31. The van der Waals surface area contributed by atoms with E-state index in [4.69, 9.17) is 5.11 Å². The molecule has 4 unspecified atom stereocenters. The molecule has 1 heteroatoms. The van der Waals surface area contributed by atoms with Crippen LogP contribution in [0, 0.1) is 23.7 Å². The van der Waals surface area contributed by atoms with Crippen molar-refractivity contribution >= 4 is 0 Å². The van der Waals surface area contributed by atoms with Gasteiger partial charge in [0.05, 0.1) is 0 Å². The number of rotatable bonds is 1. The van der Waals surface area contributed by atoms with Crippen molar-refractivity contribution in [2.45, 2.75) is 13.3 Å². The van der Waals surface area contributed by atoms with Crippen LogP contribution in [0.1, 0.15) is 13.3 Å². The van der Waals surface area contributed by atoms with Crippen molar-refractivity contribution < 1.29 is 5.11 Å². The van der Waals surface area contributed by atoms with E-state index in [0.717, 1.165) is 17.8 Å². The molecule has 0 aromatic rings. The van der Waals surface area contributed by atoms with Crippen LogP contribution in [-0.2, 0) is 0 Å². The van der Waals surface area contributed by atoms with E-state index in [9.17, 15) is 0 Å². The van der Waals surface area contributed by atoms with Crippen LogP contribution in [0.5, 0.6) is 0 Å². The van der Waals surface area contributed by atoms with Gasteiger partial charge in [0.2, 0.25) is 0 Å². The Morgan fingerprint density at radius 2 is 2.25 bits per heavy atom. The predicted molar refractivity (Wildman–Crippen MR) is 31.3 cm³/mol. The molecule has 2 aliphatic carbocycles. The van der Waals surface area contributed by atoms with Crippen molar-refractivity contribution in [3.63, 3.8) is 0 Å². The molecule has 46 valence electrons. The second kappa shape index (κ2) is 1.27. The van der Waals surface area contributed by atoms with Crippen LogP contribution < -0.4 is 0 Å². The maximum absolute atomic E-state index is 8.75. The number of aliphatic hydroxyl groups is 1. The summed E-state index contributed by atoms with van der Waals surface area (Å²) in [6.07, 6.45) is 1.41. The molecule has 2 fully saturated rings. The van der Waals surface area contributed by atoms with Crippen LogP contribution in [0.3, 0.4) is 0 Å². The third kappa shape index (κ3) is 0.368. The Balaban J connectivity index is 1.98. The van der Waals surface area contributed by atoms with Gasteiger partial charge in [-0.05, 0) is 30.1 Å². The quantitative estimate of drug-likeness (QED) is 0.534. The zero-order valence-corrected chi connectivity index (χ0v) is 5.17. The Hall–Kier alpha value is -0.0400. The summed E-state index contributed by atoms with van der Waals surface area (Å²) in [5.41, 5.74) is 0. The van der Waals surface area contributed by atoms with Gasteiger partial charge in [0.25, 0.3) is 0 Å². The van der Waals surface area contributed by atoms with Gasteiger partial charge in [-0.2, -0.15) is 0 Å². The highest BCUT2D eigenvalue weighted by atomic mass is 16.3. The SMILES string of the molecule is CC1C(CO)C2CC12. The first kappa shape index (κ1) is 4.80. The summed E-state index contributed by atoms with van der Waals surface area (Å²) in [5.74, 6) is 3.48. The summed E-state index contributed by atoms with van der Waals surface area (Å²) in [4.78, 5) is 0. The minimum absolute atomic E-state index is 0.433. The van der Waals surface area contributed by atoms with E-state index >= 15 is 0 Å². The van der Waals surface area contributed by atoms with Crippen molar-refractivity contribution in [2.24, 2.45) is 23.7 Å². The lowest BCUT2D eigenvalue weighted by Crippen LogP contribution is -2.29. The second-order valence-electron chi connectivity index (χ2n) is 3.27. The van der Waals surface area contributed by atoms with Crippen LogP contribution in [0.4, 0.5) is 0 Å². The first-order valence-electron chi connectivity index (χ1n) is 3.45. The van der Waals surface area contributed by atoms with E-state index in [2.05, 4.69) is 6.92 Å². The Labute approximate surface area is 49.7 Å². The zero-order valence-electron chi connectivity index (χ0n) is 5.17. The first-order valence-corrected chi connectivity index (χ1v) is 3.45. The van der Waals surface area contributed by atoms with Crippen LogP contribution in [0.15, 0.2) is 0 Å². The smallest absolute Gasteiger partial charge is 0.0464 e. The molecular formula is C7H12O. The predicted octanol–water partition coefficient (Wildman–Crippen LogP) is 0.881. The second-order valence-corrected chi connectivity index (χ2v) is 3.27. The van der Waals surface area contributed by atoms with E-state index < -0.39 is 0 Å². The molecule has 0 saturated heterocycles. The summed E-state index contributed by atoms with van der Waals surface area (Å²) in [5, 5.41) is 8.75. The molecule has 2 saturated carbocycles. The van der Waals surface area contributed by atoms with Crippen molar-refractivity contribution in [2.75, 3.05) is 6.61 Å². The number of hydrogen-bond donors (Lipinski definition) is 1. The molecule has 0 heterocycles. The van der Waals surface area contributed by atoms with E-state index in [1.807, 2.05) is 0 Å². The monoisotopic (exact) mass is 112 g/mol. The average molecular weight is 112 g/mol. The number of hydrogen-bond acceptors (Lipinski definition) is 1. The molecule has 2 rings (SSSR count). The van der Waals surface area contributed by atoms with Gasteiger partial charge in [-0.15, -0.1) is 0 Å². The molecule has 0 aliphatic heterocycles. The molecule has 0 bridgehead atoms. The molecule has 0 aromatic heterocycles. The van der Waals surface area contributed by atoms with Crippen molar-refractivity contribution in [3.8, 4) is 0 Å². The zero-order chi connectivity index (χ0) is 5.72. The van der Waals surface area contributed by atoms with Crippen molar-refractivity contribution in [1.82, 2.24) is 0 Å². The molecule has 0 amide bonds. The molecule has 8 heavy (non-hydrogen) atoms. The summed E-state index contributed by atoms with van der Waals surface area (Å²) >= 11 is 0. The van der Waals surface area contributed by atoms with Gasteiger partial charge >= 0.3 is 0 Å². The highest BCUT2D eigenvalue weighted by molar-refractivity contribution is 5.06. The Morgan fingerprint density at radius 1 is 1.50 bits per heavy atom. The summed E-state index contributed by atoms with van der Waals surface area (Å²) < 4.78 is 0. The number of fused-ring (bicyclic) bond motifs is 1. The molecule has 0 radical (unpaired) electrons. The van der Waals surface area contributed by atoms with Gasteiger partial charge in [-0.25, -0.2) is 0 Å². The minimum atomic E-state index is 0.433. The first-order chi connectivity index (χ1) is 3.84. The van der Waals surface area contributed by atoms with E-state index in [-0.39, 0.29) is 0 Å². The summed E-state index contributed by atoms with van der Waals surface area (Å²) in [6, 6.07) is 0. The van der Waals surface area contributed by atoms with Crippen LogP contribution in [-0.4, -0.2) is 11.7 Å². The van der Waals surface area contributed by atoms with Crippen LogP contribution >= 0.6 is 0 Å². The fourth-order valence-corrected chi connectivity index (χ4v) is 2.20. The Morgan fingerprint density at radius 3 is 2.50 bits per heavy atom. The molecule has 1 nitrogen and oxygen atoms in total. The minimum Gasteiger partial charge on any atom is -0.396 e. The Kier molecular flexibility index (Phi) is 0.762. The van der Waals surface area contributed by atoms with Crippen molar-refractivity contribution in [1.29, 1.82) is 0 Å². The summed E-state index contributed by atoms with van der Waals surface area (Å²) in [6.45, 7) is 2.69. The van der Waals surface area contributed by atoms with Gasteiger partial charge in [0, 0.05) is 6.61 Å². The molecule has 0 aromatic carbocycles. The third-order valence-corrected chi connectivity index (χ3v) is 3.00. The molecule has 2 aliphatic rings. The average Bonchev–Trinajstić information content (AvgIpc) is 2.44. The van der Waals surface area contributed by atoms with E-state index in [0.29, 0.717) is 12.5 Å². The lowest BCUT2D eigenvalue weighted by molar-refractivity contribution is 0.0885. The maximum Gasteiger partial charge on any atom is 0.0464 e. The van der Waals surface area contributed by atoms with E-state index in [1.165, 1.54) is 6.42 Å². The fourth-order valence-electron chi connectivity index (χ4n) is 2.20. The molecule has 1 N–H and O–H groups in total. The highest BCUT2D eigenvalue weighted by Gasteiger charge is 2.58. The van der Waals surface area contributed by atoms with Gasteiger partial charge < -0.3 is 5.11 Å². The topological polar surface area (TPSA) is 20.2 Å².